The highest BCUT2D eigenvalue weighted by molar-refractivity contribution is 5.95. The summed E-state index contributed by atoms with van der Waals surface area (Å²) in [6.07, 6.45) is 3.63. The number of benzene rings is 1. The number of nitrogens with zero attached hydrogens (tertiary/aromatic N) is 5. The topological polar surface area (TPSA) is 86.6 Å². The number of methoxy groups -OCH3 is 1. The number of pyridine rings is 1. The summed E-state index contributed by atoms with van der Waals surface area (Å²) in [5, 5.41) is 15.8. The summed E-state index contributed by atoms with van der Waals surface area (Å²) in [5.74, 6) is 3.29. The molecule has 1 aromatic carbocycles. The van der Waals surface area contributed by atoms with E-state index in [1.165, 1.54) is 0 Å². The number of ether oxygens (including phenoxy) is 1. The van der Waals surface area contributed by atoms with Crippen LogP contribution in [0.2, 0.25) is 0 Å². The van der Waals surface area contributed by atoms with Crippen molar-refractivity contribution in [2.45, 2.75) is 18.6 Å². The van der Waals surface area contributed by atoms with Gasteiger partial charge in [-0.05, 0) is 18.6 Å². The molecule has 2 aromatic heterocycles. The summed E-state index contributed by atoms with van der Waals surface area (Å²) in [6, 6.07) is 9.93. The molecule has 1 aliphatic heterocycles. The van der Waals surface area contributed by atoms with E-state index in [1.807, 2.05) is 49.3 Å². The average molecular weight is 394 g/mol. The van der Waals surface area contributed by atoms with Crippen molar-refractivity contribution in [3.05, 3.63) is 42.9 Å². The van der Waals surface area contributed by atoms with Crippen molar-refractivity contribution in [1.82, 2.24) is 15.0 Å². The monoisotopic (exact) mass is 394 g/mol. The first-order valence-corrected chi connectivity index (χ1v) is 9.66. The molecule has 0 aliphatic carbocycles. The molecule has 0 bridgehead atoms. The van der Waals surface area contributed by atoms with Gasteiger partial charge >= 0.3 is 0 Å². The Kier molecular flexibility index (Phi) is 5.35. The summed E-state index contributed by atoms with van der Waals surface area (Å²) < 4.78 is 5.46. The number of aliphatic hydroxyl groups excluding tert-OH is 1. The lowest BCUT2D eigenvalue weighted by atomic mass is 10.1. The Morgan fingerprint density at radius 2 is 2.07 bits per heavy atom. The second-order valence-electron chi connectivity index (χ2n) is 7.42. The van der Waals surface area contributed by atoms with Gasteiger partial charge in [0, 0.05) is 50.2 Å². The number of nitrogens with one attached hydrogen (secondary N) is 1. The predicted octanol–water partition coefficient (Wildman–Crippen LogP) is 2.15. The Hall–Kier alpha value is -3.13. The van der Waals surface area contributed by atoms with Crippen LogP contribution in [-0.2, 0) is 0 Å². The highest BCUT2D eigenvalue weighted by atomic mass is 16.5. The van der Waals surface area contributed by atoms with Gasteiger partial charge in [-0.15, -0.1) is 0 Å². The Bertz CT molecular complexity index is 996. The highest BCUT2D eigenvalue weighted by Gasteiger charge is 2.32. The average Bonchev–Trinajstić information content (AvgIpc) is 3.12. The van der Waals surface area contributed by atoms with Crippen LogP contribution in [0.4, 0.5) is 17.5 Å². The van der Waals surface area contributed by atoms with E-state index >= 15 is 0 Å². The lowest BCUT2D eigenvalue weighted by molar-refractivity contribution is 0.194. The third-order valence-electron chi connectivity index (χ3n) is 5.27. The minimum absolute atomic E-state index is 0.0950. The molecule has 3 heterocycles. The quantitative estimate of drug-likeness (QED) is 0.658. The zero-order chi connectivity index (χ0) is 20.4. The number of hydrogen-bond acceptors (Lipinski definition) is 8. The fourth-order valence-corrected chi connectivity index (χ4v) is 3.82. The second-order valence-corrected chi connectivity index (χ2v) is 7.42. The standard InChI is InChI=1S/C21H26N6O2/c1-26(2)19-10-20(25-13-24-19)27-12-15(28)9-14(27)11-23-21-17-5-4-6-18(29-3)16(17)7-8-22-21/h4-8,10,13-15,28H,9,11-12H2,1-3H3,(H,22,23)/t14-,15-/m1/s1. The molecule has 0 radical (unpaired) electrons. The molecular weight excluding hydrogens is 368 g/mol. The fraction of sp³-hybridized carbons (Fsp3) is 0.381. The van der Waals surface area contributed by atoms with Crippen molar-refractivity contribution < 1.29 is 9.84 Å². The van der Waals surface area contributed by atoms with Crippen LogP contribution >= 0.6 is 0 Å². The molecule has 3 aromatic rings. The van der Waals surface area contributed by atoms with Crippen molar-refractivity contribution >= 4 is 28.2 Å². The molecule has 2 atom stereocenters. The first-order chi connectivity index (χ1) is 14.1. The van der Waals surface area contributed by atoms with Crippen molar-refractivity contribution in [3.63, 3.8) is 0 Å². The van der Waals surface area contributed by atoms with E-state index in [4.69, 9.17) is 4.74 Å². The molecule has 29 heavy (non-hydrogen) atoms. The molecule has 8 heteroatoms. The largest absolute Gasteiger partial charge is 0.496 e. The van der Waals surface area contributed by atoms with E-state index in [0.717, 1.165) is 34.0 Å². The van der Waals surface area contributed by atoms with Crippen LogP contribution in [0.1, 0.15) is 6.42 Å². The second kappa shape index (κ2) is 8.08. The van der Waals surface area contributed by atoms with Crippen LogP contribution in [0.25, 0.3) is 10.8 Å². The molecule has 0 spiro atoms. The van der Waals surface area contributed by atoms with Crippen LogP contribution in [0, 0.1) is 0 Å². The van der Waals surface area contributed by atoms with E-state index in [-0.39, 0.29) is 12.1 Å². The lowest BCUT2D eigenvalue weighted by Crippen LogP contribution is -2.36. The van der Waals surface area contributed by atoms with Gasteiger partial charge in [0.15, 0.2) is 0 Å². The van der Waals surface area contributed by atoms with Crippen molar-refractivity contribution in [2.75, 3.05) is 49.4 Å². The maximum absolute atomic E-state index is 10.3. The molecule has 8 nitrogen and oxygen atoms in total. The number of hydrogen-bond donors (Lipinski definition) is 2. The summed E-state index contributed by atoms with van der Waals surface area (Å²) in [6.45, 7) is 1.19. The van der Waals surface area contributed by atoms with Crippen molar-refractivity contribution in [2.24, 2.45) is 0 Å². The van der Waals surface area contributed by atoms with E-state index in [2.05, 4.69) is 25.2 Å². The van der Waals surface area contributed by atoms with Crippen LogP contribution in [0.5, 0.6) is 5.75 Å². The maximum atomic E-state index is 10.3. The lowest BCUT2D eigenvalue weighted by Gasteiger charge is -2.26. The van der Waals surface area contributed by atoms with Crippen LogP contribution < -0.4 is 19.9 Å². The summed E-state index contributed by atoms with van der Waals surface area (Å²) in [7, 11) is 5.57. The van der Waals surface area contributed by atoms with Gasteiger partial charge in [-0.1, -0.05) is 12.1 Å². The SMILES string of the molecule is COc1cccc2c(NC[C@H]3C[C@@H](O)CN3c3cc(N(C)C)ncn3)nccc12. The molecule has 4 rings (SSSR count). The predicted molar refractivity (Wildman–Crippen MR) is 115 cm³/mol. The Labute approximate surface area is 170 Å². The number of β-amino-alcohol motifs (C(OH)–C–C–N with tert-alkyl or cyclic N) is 1. The van der Waals surface area contributed by atoms with Gasteiger partial charge in [-0.3, -0.25) is 0 Å². The molecule has 1 fully saturated rings. The number of aromatic nitrogens is 3. The molecule has 1 saturated heterocycles. The first kappa shape index (κ1) is 19.2. The molecule has 0 amide bonds. The zero-order valence-electron chi connectivity index (χ0n) is 16.9. The Morgan fingerprint density at radius 1 is 1.21 bits per heavy atom. The number of anilines is 3. The Balaban J connectivity index is 1.56. The third kappa shape index (κ3) is 3.88. The minimum Gasteiger partial charge on any atom is -0.496 e. The highest BCUT2D eigenvalue weighted by Crippen LogP contribution is 2.30. The van der Waals surface area contributed by atoms with Gasteiger partial charge in [-0.2, -0.15) is 0 Å². The third-order valence-corrected chi connectivity index (χ3v) is 5.27. The van der Waals surface area contributed by atoms with E-state index in [9.17, 15) is 5.11 Å². The van der Waals surface area contributed by atoms with Crippen LogP contribution in [0.15, 0.2) is 42.9 Å². The van der Waals surface area contributed by atoms with Gasteiger partial charge < -0.3 is 25.0 Å². The van der Waals surface area contributed by atoms with Gasteiger partial charge in [-0.25, -0.2) is 15.0 Å². The summed E-state index contributed by atoms with van der Waals surface area (Å²) >= 11 is 0. The number of rotatable bonds is 6. The van der Waals surface area contributed by atoms with E-state index in [0.29, 0.717) is 19.5 Å². The normalized spacial score (nSPS) is 18.8. The smallest absolute Gasteiger partial charge is 0.134 e. The molecular formula is C21H26N6O2. The molecule has 1 aliphatic rings. The van der Waals surface area contributed by atoms with Crippen molar-refractivity contribution in [1.29, 1.82) is 0 Å². The minimum atomic E-state index is -0.389. The van der Waals surface area contributed by atoms with Gasteiger partial charge in [0.05, 0.1) is 19.3 Å². The molecule has 0 unspecified atom stereocenters. The molecule has 152 valence electrons. The molecule has 0 saturated carbocycles. The van der Waals surface area contributed by atoms with Crippen LogP contribution in [0.3, 0.4) is 0 Å². The van der Waals surface area contributed by atoms with Crippen LogP contribution in [-0.4, -0.2) is 66.5 Å². The van der Waals surface area contributed by atoms with Crippen molar-refractivity contribution in [3.8, 4) is 5.75 Å². The number of aliphatic hydroxyl groups is 1. The van der Waals surface area contributed by atoms with Gasteiger partial charge in [0.2, 0.25) is 0 Å². The summed E-state index contributed by atoms with van der Waals surface area (Å²) in [4.78, 5) is 17.3. The van der Waals surface area contributed by atoms with E-state index in [1.54, 1.807) is 19.6 Å². The molecule has 2 N–H and O–H groups in total. The van der Waals surface area contributed by atoms with Gasteiger partial charge in [0.25, 0.3) is 0 Å². The first-order valence-electron chi connectivity index (χ1n) is 9.66. The summed E-state index contributed by atoms with van der Waals surface area (Å²) in [5.41, 5.74) is 0. The maximum Gasteiger partial charge on any atom is 0.134 e. The zero-order valence-corrected chi connectivity index (χ0v) is 16.9. The Morgan fingerprint density at radius 3 is 2.86 bits per heavy atom. The number of fused-ring (bicyclic) bond motifs is 1. The fourth-order valence-electron chi connectivity index (χ4n) is 3.82. The van der Waals surface area contributed by atoms with Gasteiger partial charge in [0.1, 0.15) is 29.5 Å². The van der Waals surface area contributed by atoms with E-state index < -0.39 is 0 Å².